The smallest absolute Gasteiger partial charge is 0.231 e. The Morgan fingerprint density at radius 3 is 2.72 bits per heavy atom. The molecule has 94 valence electrons. The van der Waals surface area contributed by atoms with Crippen LogP contribution in [0, 0.1) is 5.92 Å². The van der Waals surface area contributed by atoms with Crippen LogP contribution in [-0.2, 0) is 16.0 Å². The molecule has 0 saturated carbocycles. The summed E-state index contributed by atoms with van der Waals surface area (Å²) in [4.78, 5) is 23.0. The van der Waals surface area contributed by atoms with E-state index in [0.29, 0.717) is 12.8 Å². The Morgan fingerprint density at radius 2 is 1.89 bits per heavy atom. The third-order valence-electron chi connectivity index (χ3n) is 3.85. The molecule has 2 amide bonds. The van der Waals surface area contributed by atoms with Crippen molar-refractivity contribution in [3.05, 3.63) is 29.8 Å². The molecule has 2 aliphatic heterocycles. The molecule has 0 aromatic heterocycles. The maximum atomic E-state index is 11.8. The van der Waals surface area contributed by atoms with Crippen LogP contribution >= 0.6 is 0 Å². The van der Waals surface area contributed by atoms with Gasteiger partial charge in [0.25, 0.3) is 0 Å². The molecule has 2 aliphatic rings. The van der Waals surface area contributed by atoms with Crippen molar-refractivity contribution >= 4 is 17.5 Å². The predicted octanol–water partition coefficient (Wildman–Crippen LogP) is 1.47. The third kappa shape index (κ3) is 1.98. The largest absolute Gasteiger partial charge is 0.381 e. The van der Waals surface area contributed by atoms with Crippen LogP contribution in [0.2, 0.25) is 0 Å². The summed E-state index contributed by atoms with van der Waals surface area (Å²) in [6.07, 6.45) is 3.05. The standard InChI is InChI=1S/C14H16N2O2/c17-13-8-6-10(14(18)16-13)12-7-5-9-3-1-2-4-11(9)15-12/h1-4,10,12,15H,5-8H2,(H,16,17,18)/t10-,12?/m1/s1. The lowest BCUT2D eigenvalue weighted by Crippen LogP contribution is -2.48. The fourth-order valence-electron chi connectivity index (χ4n) is 2.86. The van der Waals surface area contributed by atoms with Crippen LogP contribution in [0.5, 0.6) is 0 Å². The van der Waals surface area contributed by atoms with Crippen LogP contribution in [0.4, 0.5) is 5.69 Å². The molecule has 1 saturated heterocycles. The van der Waals surface area contributed by atoms with E-state index in [-0.39, 0.29) is 23.8 Å². The molecule has 0 aliphatic carbocycles. The van der Waals surface area contributed by atoms with Gasteiger partial charge in [-0.25, -0.2) is 0 Å². The van der Waals surface area contributed by atoms with Crippen molar-refractivity contribution in [2.24, 2.45) is 5.92 Å². The average molecular weight is 244 g/mol. The molecule has 2 atom stereocenters. The van der Waals surface area contributed by atoms with Gasteiger partial charge < -0.3 is 5.32 Å². The van der Waals surface area contributed by atoms with Gasteiger partial charge in [-0.2, -0.15) is 0 Å². The van der Waals surface area contributed by atoms with Gasteiger partial charge in [0.05, 0.1) is 5.92 Å². The lowest BCUT2D eigenvalue weighted by Gasteiger charge is -2.34. The number of carbonyl (C=O) groups is 2. The van der Waals surface area contributed by atoms with Gasteiger partial charge in [-0.15, -0.1) is 0 Å². The Kier molecular flexibility index (Phi) is 2.78. The second-order valence-corrected chi connectivity index (χ2v) is 5.00. The molecular weight excluding hydrogens is 228 g/mol. The van der Waals surface area contributed by atoms with Crippen LogP contribution in [-0.4, -0.2) is 17.9 Å². The summed E-state index contributed by atoms with van der Waals surface area (Å²) in [5.41, 5.74) is 2.43. The van der Waals surface area contributed by atoms with Gasteiger partial charge in [-0.05, 0) is 30.9 Å². The van der Waals surface area contributed by atoms with E-state index in [4.69, 9.17) is 0 Å². The Labute approximate surface area is 106 Å². The van der Waals surface area contributed by atoms with Crippen LogP contribution in [0.15, 0.2) is 24.3 Å². The first-order valence-corrected chi connectivity index (χ1v) is 6.42. The zero-order valence-electron chi connectivity index (χ0n) is 10.1. The zero-order chi connectivity index (χ0) is 12.5. The van der Waals surface area contributed by atoms with Crippen molar-refractivity contribution in [2.75, 3.05) is 5.32 Å². The van der Waals surface area contributed by atoms with Crippen molar-refractivity contribution in [1.82, 2.24) is 5.32 Å². The van der Waals surface area contributed by atoms with Crippen LogP contribution in [0.3, 0.4) is 0 Å². The molecule has 2 heterocycles. The van der Waals surface area contributed by atoms with Crippen LogP contribution in [0.25, 0.3) is 0 Å². The topological polar surface area (TPSA) is 58.2 Å². The number of fused-ring (bicyclic) bond motifs is 1. The number of nitrogens with one attached hydrogen (secondary N) is 2. The SMILES string of the molecule is O=C1CC[C@H](C2CCc3ccccc3N2)C(=O)N1. The molecular formula is C14H16N2O2. The number of amides is 2. The second-order valence-electron chi connectivity index (χ2n) is 5.00. The highest BCUT2D eigenvalue weighted by atomic mass is 16.2. The number of imide groups is 1. The highest BCUT2D eigenvalue weighted by molar-refractivity contribution is 5.99. The van der Waals surface area contributed by atoms with Crippen LogP contribution in [0.1, 0.15) is 24.8 Å². The first-order valence-electron chi connectivity index (χ1n) is 6.42. The summed E-state index contributed by atoms with van der Waals surface area (Å²) in [6, 6.07) is 8.34. The molecule has 1 aromatic carbocycles. The minimum absolute atomic E-state index is 0.0870. The molecule has 0 radical (unpaired) electrons. The van der Waals surface area contributed by atoms with Crippen molar-refractivity contribution < 1.29 is 9.59 Å². The molecule has 3 rings (SSSR count). The Morgan fingerprint density at radius 1 is 1.06 bits per heavy atom. The molecule has 18 heavy (non-hydrogen) atoms. The van der Waals surface area contributed by atoms with E-state index in [0.717, 1.165) is 18.5 Å². The number of benzene rings is 1. The first-order chi connectivity index (χ1) is 8.74. The fourth-order valence-corrected chi connectivity index (χ4v) is 2.86. The van der Waals surface area contributed by atoms with E-state index in [1.165, 1.54) is 5.56 Å². The van der Waals surface area contributed by atoms with E-state index in [1.54, 1.807) is 0 Å². The maximum absolute atomic E-state index is 11.8. The van der Waals surface area contributed by atoms with E-state index in [9.17, 15) is 9.59 Å². The maximum Gasteiger partial charge on any atom is 0.231 e. The molecule has 0 bridgehead atoms. The third-order valence-corrected chi connectivity index (χ3v) is 3.85. The van der Waals surface area contributed by atoms with E-state index in [1.807, 2.05) is 18.2 Å². The molecule has 4 nitrogen and oxygen atoms in total. The number of anilines is 1. The number of para-hydroxylation sites is 1. The van der Waals surface area contributed by atoms with Gasteiger partial charge in [0, 0.05) is 18.2 Å². The number of hydrogen-bond donors (Lipinski definition) is 2. The highest BCUT2D eigenvalue weighted by Gasteiger charge is 2.34. The van der Waals surface area contributed by atoms with Crippen molar-refractivity contribution in [3.63, 3.8) is 0 Å². The average Bonchev–Trinajstić information content (AvgIpc) is 2.38. The summed E-state index contributed by atoms with van der Waals surface area (Å²) in [6.45, 7) is 0. The van der Waals surface area contributed by atoms with E-state index < -0.39 is 0 Å². The van der Waals surface area contributed by atoms with Gasteiger partial charge >= 0.3 is 0 Å². The lowest BCUT2D eigenvalue weighted by atomic mass is 9.84. The molecule has 1 aromatic rings. The van der Waals surface area contributed by atoms with Gasteiger partial charge in [-0.1, -0.05) is 18.2 Å². The minimum atomic E-state index is -0.146. The van der Waals surface area contributed by atoms with Gasteiger partial charge in [0.2, 0.25) is 11.8 Å². The Bertz CT molecular complexity index is 498. The summed E-state index contributed by atoms with van der Waals surface area (Å²) < 4.78 is 0. The van der Waals surface area contributed by atoms with Crippen molar-refractivity contribution in [1.29, 1.82) is 0 Å². The number of carbonyl (C=O) groups excluding carboxylic acids is 2. The summed E-state index contributed by atoms with van der Waals surface area (Å²) >= 11 is 0. The van der Waals surface area contributed by atoms with Gasteiger partial charge in [-0.3, -0.25) is 14.9 Å². The summed E-state index contributed by atoms with van der Waals surface area (Å²) in [7, 11) is 0. The zero-order valence-corrected chi connectivity index (χ0v) is 10.1. The Balaban J connectivity index is 1.76. The van der Waals surface area contributed by atoms with Crippen molar-refractivity contribution in [2.45, 2.75) is 31.7 Å². The van der Waals surface area contributed by atoms with Gasteiger partial charge in [0.15, 0.2) is 0 Å². The predicted molar refractivity (Wildman–Crippen MR) is 68.0 cm³/mol. The van der Waals surface area contributed by atoms with Crippen LogP contribution < -0.4 is 10.6 Å². The normalized spacial score (nSPS) is 27.1. The summed E-state index contributed by atoms with van der Waals surface area (Å²) in [5, 5.41) is 5.87. The second kappa shape index (κ2) is 4.44. The first kappa shape index (κ1) is 11.3. The lowest BCUT2D eigenvalue weighted by molar-refractivity contribution is -0.136. The Hall–Kier alpha value is -1.84. The highest BCUT2D eigenvalue weighted by Crippen LogP contribution is 2.30. The molecule has 1 unspecified atom stereocenters. The number of piperidine rings is 1. The molecule has 4 heteroatoms. The molecule has 2 N–H and O–H groups in total. The van der Waals surface area contributed by atoms with Crippen molar-refractivity contribution in [3.8, 4) is 0 Å². The quantitative estimate of drug-likeness (QED) is 0.735. The van der Waals surface area contributed by atoms with E-state index >= 15 is 0 Å². The van der Waals surface area contributed by atoms with Gasteiger partial charge in [0.1, 0.15) is 0 Å². The fraction of sp³-hybridized carbons (Fsp3) is 0.429. The van der Waals surface area contributed by atoms with E-state index in [2.05, 4.69) is 16.7 Å². The summed E-state index contributed by atoms with van der Waals surface area (Å²) in [5.74, 6) is -0.355. The number of aryl methyl sites for hydroxylation is 1. The minimum Gasteiger partial charge on any atom is -0.381 e. The monoisotopic (exact) mass is 244 g/mol. The molecule has 0 spiro atoms. The molecule has 1 fully saturated rings. The number of rotatable bonds is 1. The number of hydrogen-bond acceptors (Lipinski definition) is 3.